The van der Waals surface area contributed by atoms with Crippen LogP contribution in [0.3, 0.4) is 0 Å². The van der Waals surface area contributed by atoms with Crippen LogP contribution in [0, 0.1) is 12.8 Å². The number of fused-ring (bicyclic) bond motifs is 1. The largest absolute Gasteiger partial charge is 0.484 e. The number of esters is 1. The third-order valence-corrected chi connectivity index (χ3v) is 5.52. The van der Waals surface area contributed by atoms with Gasteiger partial charge in [-0.15, -0.1) is 0 Å². The van der Waals surface area contributed by atoms with Crippen LogP contribution in [0.25, 0.3) is 0 Å². The molecule has 7 heteroatoms. The Balaban J connectivity index is 1.53. The second kappa shape index (κ2) is 9.19. The van der Waals surface area contributed by atoms with Gasteiger partial charge in [0.2, 0.25) is 0 Å². The molecular weight excluding hydrogens is 376 g/mol. The molecule has 0 aliphatic heterocycles. The van der Waals surface area contributed by atoms with Crippen molar-refractivity contribution in [2.75, 3.05) is 18.5 Å². The summed E-state index contributed by atoms with van der Waals surface area (Å²) in [5.41, 5.74) is 3.23. The lowest BCUT2D eigenvalue weighted by Crippen LogP contribution is -2.20. The van der Waals surface area contributed by atoms with E-state index >= 15 is 0 Å². The summed E-state index contributed by atoms with van der Waals surface area (Å²) in [6, 6.07) is 6.02. The van der Waals surface area contributed by atoms with Crippen molar-refractivity contribution in [3.63, 3.8) is 0 Å². The smallest absolute Gasteiger partial charge is 0.350 e. The van der Waals surface area contributed by atoms with Gasteiger partial charge in [-0.3, -0.25) is 10.1 Å². The number of thiazole rings is 1. The fraction of sp³-hybridized carbons (Fsp3) is 0.476. The molecule has 1 N–H and O–H groups in total. The maximum atomic E-state index is 12.2. The van der Waals surface area contributed by atoms with Gasteiger partial charge in [-0.2, -0.15) is 0 Å². The van der Waals surface area contributed by atoms with Gasteiger partial charge < -0.3 is 9.47 Å². The fourth-order valence-electron chi connectivity index (χ4n) is 3.05. The van der Waals surface area contributed by atoms with E-state index in [4.69, 9.17) is 9.47 Å². The Morgan fingerprint density at radius 1 is 1.21 bits per heavy atom. The zero-order valence-electron chi connectivity index (χ0n) is 16.5. The van der Waals surface area contributed by atoms with Crippen LogP contribution in [-0.2, 0) is 22.4 Å². The van der Waals surface area contributed by atoms with Gasteiger partial charge in [0.15, 0.2) is 11.7 Å². The van der Waals surface area contributed by atoms with Crippen LogP contribution in [0.1, 0.15) is 53.2 Å². The van der Waals surface area contributed by atoms with Crippen LogP contribution in [-0.4, -0.2) is 30.1 Å². The highest BCUT2D eigenvalue weighted by Gasteiger charge is 2.18. The van der Waals surface area contributed by atoms with E-state index in [0.717, 1.165) is 24.2 Å². The molecule has 1 heterocycles. The Bertz CT molecular complexity index is 860. The van der Waals surface area contributed by atoms with Crippen LogP contribution in [0.2, 0.25) is 0 Å². The molecule has 0 saturated heterocycles. The molecule has 0 unspecified atom stereocenters. The number of hydrogen-bond donors (Lipinski definition) is 1. The van der Waals surface area contributed by atoms with Crippen LogP contribution in [0.4, 0.5) is 5.13 Å². The SMILES string of the molecule is Cc1nc(NC(=O)COc2ccc3c(c2)CCCC3)sc1C(=O)OCC(C)C. The van der Waals surface area contributed by atoms with Crippen molar-refractivity contribution in [3.05, 3.63) is 39.9 Å². The van der Waals surface area contributed by atoms with Gasteiger partial charge in [-0.05, 0) is 61.8 Å². The van der Waals surface area contributed by atoms with Crippen molar-refractivity contribution >= 4 is 28.3 Å². The fourth-order valence-corrected chi connectivity index (χ4v) is 3.93. The number of carbonyl (C=O) groups is 2. The van der Waals surface area contributed by atoms with Crippen LogP contribution in [0.15, 0.2) is 18.2 Å². The van der Waals surface area contributed by atoms with Gasteiger partial charge in [0.25, 0.3) is 5.91 Å². The number of nitrogens with one attached hydrogen (secondary N) is 1. The lowest BCUT2D eigenvalue weighted by molar-refractivity contribution is -0.118. The minimum Gasteiger partial charge on any atom is -0.484 e. The van der Waals surface area contributed by atoms with Crippen LogP contribution in [0.5, 0.6) is 5.75 Å². The molecule has 0 spiro atoms. The minimum atomic E-state index is -0.408. The normalized spacial score (nSPS) is 13.1. The number of rotatable bonds is 7. The molecule has 3 rings (SSSR count). The highest BCUT2D eigenvalue weighted by atomic mass is 32.1. The molecule has 1 aliphatic rings. The average Bonchev–Trinajstić information content (AvgIpc) is 3.04. The lowest BCUT2D eigenvalue weighted by atomic mass is 9.92. The van der Waals surface area contributed by atoms with E-state index < -0.39 is 5.97 Å². The summed E-state index contributed by atoms with van der Waals surface area (Å²) in [7, 11) is 0. The first-order valence-corrected chi connectivity index (χ1v) is 10.4. The predicted molar refractivity (Wildman–Crippen MR) is 109 cm³/mol. The second-order valence-corrected chi connectivity index (χ2v) is 8.40. The summed E-state index contributed by atoms with van der Waals surface area (Å²) in [6.45, 7) is 5.92. The number of carbonyl (C=O) groups excluding carboxylic acids is 2. The Hall–Kier alpha value is -2.41. The second-order valence-electron chi connectivity index (χ2n) is 7.40. The zero-order chi connectivity index (χ0) is 20.1. The Morgan fingerprint density at radius 2 is 1.96 bits per heavy atom. The third-order valence-electron chi connectivity index (χ3n) is 4.47. The molecule has 0 atom stereocenters. The highest BCUT2D eigenvalue weighted by molar-refractivity contribution is 7.17. The summed E-state index contributed by atoms with van der Waals surface area (Å²) < 4.78 is 10.9. The Labute approximate surface area is 169 Å². The molecule has 1 amide bonds. The predicted octanol–water partition coefficient (Wildman–Crippen LogP) is 4.16. The number of nitrogens with zero attached hydrogens (tertiary/aromatic N) is 1. The molecule has 0 radical (unpaired) electrons. The maximum absolute atomic E-state index is 12.2. The number of aryl methyl sites for hydroxylation is 3. The molecule has 1 aromatic heterocycles. The summed E-state index contributed by atoms with van der Waals surface area (Å²) in [6.07, 6.45) is 4.60. The van der Waals surface area contributed by atoms with Crippen molar-refractivity contribution in [2.24, 2.45) is 5.92 Å². The molecule has 1 aromatic carbocycles. The summed E-state index contributed by atoms with van der Waals surface area (Å²) in [5.74, 6) is 0.240. The van der Waals surface area contributed by atoms with E-state index in [0.29, 0.717) is 28.1 Å². The highest BCUT2D eigenvalue weighted by Crippen LogP contribution is 2.26. The molecule has 1 aliphatic carbocycles. The van der Waals surface area contributed by atoms with E-state index in [1.54, 1.807) is 6.92 Å². The first-order valence-electron chi connectivity index (χ1n) is 9.61. The zero-order valence-corrected chi connectivity index (χ0v) is 17.4. The first-order chi connectivity index (χ1) is 13.4. The quantitative estimate of drug-likeness (QED) is 0.704. The molecule has 150 valence electrons. The number of hydrogen-bond acceptors (Lipinski definition) is 6. The number of amides is 1. The van der Waals surface area contributed by atoms with Crippen molar-refractivity contribution in [2.45, 2.75) is 46.5 Å². The van der Waals surface area contributed by atoms with E-state index in [-0.39, 0.29) is 18.4 Å². The standard InChI is InChI=1S/C21H26N2O4S/c1-13(2)11-27-20(25)19-14(3)22-21(28-19)23-18(24)12-26-17-9-8-15-6-4-5-7-16(15)10-17/h8-10,13H,4-7,11-12H2,1-3H3,(H,22,23,24). The van der Waals surface area contributed by atoms with Gasteiger partial charge in [-0.25, -0.2) is 9.78 Å². The van der Waals surface area contributed by atoms with E-state index in [1.807, 2.05) is 26.0 Å². The number of aromatic nitrogens is 1. The number of benzene rings is 1. The summed E-state index contributed by atoms with van der Waals surface area (Å²) >= 11 is 1.11. The van der Waals surface area contributed by atoms with Crippen LogP contribution >= 0.6 is 11.3 Å². The van der Waals surface area contributed by atoms with Gasteiger partial charge in [0, 0.05) is 0 Å². The number of anilines is 1. The minimum absolute atomic E-state index is 0.107. The summed E-state index contributed by atoms with van der Waals surface area (Å²) in [4.78, 5) is 29.0. The van der Waals surface area contributed by atoms with Crippen molar-refractivity contribution in [1.82, 2.24) is 4.98 Å². The molecule has 0 bridgehead atoms. The maximum Gasteiger partial charge on any atom is 0.350 e. The van der Waals surface area contributed by atoms with Crippen molar-refractivity contribution in [1.29, 1.82) is 0 Å². The molecular formula is C21H26N2O4S. The van der Waals surface area contributed by atoms with E-state index in [2.05, 4.69) is 16.4 Å². The molecule has 28 heavy (non-hydrogen) atoms. The lowest BCUT2D eigenvalue weighted by Gasteiger charge is -2.16. The monoisotopic (exact) mass is 402 g/mol. The Kier molecular flexibility index (Phi) is 6.67. The molecule has 6 nitrogen and oxygen atoms in total. The Morgan fingerprint density at radius 3 is 2.71 bits per heavy atom. The van der Waals surface area contributed by atoms with Crippen molar-refractivity contribution in [3.8, 4) is 5.75 Å². The third kappa shape index (κ3) is 5.32. The molecule has 0 saturated carbocycles. The average molecular weight is 403 g/mol. The van der Waals surface area contributed by atoms with Gasteiger partial charge in [0.05, 0.1) is 12.3 Å². The molecule has 0 fully saturated rings. The van der Waals surface area contributed by atoms with Gasteiger partial charge in [0.1, 0.15) is 10.6 Å². The number of ether oxygens (including phenoxy) is 2. The topological polar surface area (TPSA) is 77.5 Å². The van der Waals surface area contributed by atoms with E-state index in [9.17, 15) is 9.59 Å². The first kappa shape index (κ1) is 20.3. The van der Waals surface area contributed by atoms with Gasteiger partial charge >= 0.3 is 5.97 Å². The molecule has 2 aromatic rings. The van der Waals surface area contributed by atoms with Crippen molar-refractivity contribution < 1.29 is 19.1 Å². The van der Waals surface area contributed by atoms with E-state index in [1.165, 1.54) is 24.0 Å². The summed E-state index contributed by atoms with van der Waals surface area (Å²) in [5, 5.41) is 3.06. The van der Waals surface area contributed by atoms with Gasteiger partial charge in [-0.1, -0.05) is 31.3 Å². The van der Waals surface area contributed by atoms with Crippen LogP contribution < -0.4 is 10.1 Å².